The zero-order chi connectivity index (χ0) is 23.3. The minimum atomic E-state index is -0.186. The first-order valence-electron chi connectivity index (χ1n) is 12.0. The first-order valence-corrected chi connectivity index (χ1v) is 12.3. The van der Waals surface area contributed by atoms with Gasteiger partial charge in [0.2, 0.25) is 5.95 Å². The van der Waals surface area contributed by atoms with Gasteiger partial charge >= 0.3 is 0 Å². The molecule has 1 aliphatic heterocycles. The lowest BCUT2D eigenvalue weighted by Gasteiger charge is -2.34. The minimum absolute atomic E-state index is 0.186. The molecule has 2 aromatic heterocycles. The Hall–Kier alpha value is -3.08. The smallest absolute Gasteiger partial charge is 0.229 e. The van der Waals surface area contributed by atoms with Gasteiger partial charge in [0.05, 0.1) is 6.10 Å². The zero-order valence-electron chi connectivity index (χ0n) is 19.0. The molecule has 0 unspecified atom stereocenters. The van der Waals surface area contributed by atoms with Crippen LogP contribution in [0.5, 0.6) is 0 Å². The van der Waals surface area contributed by atoms with Gasteiger partial charge in [0.15, 0.2) is 0 Å². The van der Waals surface area contributed by atoms with Crippen molar-refractivity contribution in [3.63, 3.8) is 0 Å². The van der Waals surface area contributed by atoms with E-state index in [9.17, 15) is 5.11 Å². The van der Waals surface area contributed by atoms with Crippen molar-refractivity contribution in [2.45, 2.75) is 56.6 Å². The molecule has 3 N–H and O–H groups in total. The summed E-state index contributed by atoms with van der Waals surface area (Å²) >= 11 is 6.03. The van der Waals surface area contributed by atoms with E-state index in [-0.39, 0.29) is 6.10 Å². The maximum Gasteiger partial charge on any atom is 0.229 e. The minimum Gasteiger partial charge on any atom is -0.393 e. The third-order valence-electron chi connectivity index (χ3n) is 6.78. The number of nitrogens with zero attached hydrogens (tertiary/aromatic N) is 4. The van der Waals surface area contributed by atoms with Crippen molar-refractivity contribution in [1.29, 1.82) is 0 Å². The molecule has 3 aromatic rings. The Morgan fingerprint density at radius 3 is 2.59 bits per heavy atom. The lowest BCUT2D eigenvalue weighted by Crippen LogP contribution is -2.34. The fourth-order valence-corrected chi connectivity index (χ4v) is 5.05. The Morgan fingerprint density at radius 2 is 1.85 bits per heavy atom. The largest absolute Gasteiger partial charge is 0.393 e. The molecule has 34 heavy (non-hydrogen) atoms. The van der Waals surface area contributed by atoms with Crippen molar-refractivity contribution in [2.24, 2.45) is 0 Å². The van der Waals surface area contributed by atoms with Crippen LogP contribution in [0.1, 0.15) is 50.0 Å². The number of nitrogens with one attached hydrogen (secondary N) is 2. The van der Waals surface area contributed by atoms with Gasteiger partial charge in [-0.05, 0) is 68.7 Å². The van der Waals surface area contributed by atoms with Gasteiger partial charge in [-0.15, -0.1) is 0 Å². The number of aliphatic hydroxyl groups excluding tert-OH is 1. The van der Waals surface area contributed by atoms with E-state index in [1.807, 2.05) is 24.4 Å². The normalized spacial score (nSPS) is 21.1. The van der Waals surface area contributed by atoms with Crippen molar-refractivity contribution in [1.82, 2.24) is 15.0 Å². The molecular formula is C26H29ClN6O. The molecule has 1 aromatic carbocycles. The summed E-state index contributed by atoms with van der Waals surface area (Å²) in [6.07, 6.45) is 9.02. The SMILES string of the molecule is OC1CCC(Nc2nc(Nc3ccnc(Cl)c3)ncc2C2CCN(c3cc#ccc3)CC2)CC1. The second-order valence-corrected chi connectivity index (χ2v) is 9.48. The number of anilines is 4. The number of pyridine rings is 1. The Kier molecular flexibility index (Phi) is 6.98. The first-order chi connectivity index (χ1) is 16.6. The average molecular weight is 477 g/mol. The van der Waals surface area contributed by atoms with Crippen LogP contribution in [0.3, 0.4) is 0 Å². The lowest BCUT2D eigenvalue weighted by molar-refractivity contribution is 0.126. The molecule has 3 heterocycles. The van der Waals surface area contributed by atoms with E-state index in [0.29, 0.717) is 23.1 Å². The van der Waals surface area contributed by atoms with E-state index in [2.05, 4.69) is 43.7 Å². The molecule has 1 aliphatic carbocycles. The van der Waals surface area contributed by atoms with Crippen LogP contribution in [0.25, 0.3) is 0 Å². The number of piperidine rings is 1. The van der Waals surface area contributed by atoms with Crippen LogP contribution in [0.15, 0.2) is 42.7 Å². The van der Waals surface area contributed by atoms with Crippen molar-refractivity contribution >= 4 is 34.7 Å². The monoisotopic (exact) mass is 476 g/mol. The summed E-state index contributed by atoms with van der Waals surface area (Å²) in [5.41, 5.74) is 3.16. The molecule has 2 aliphatic rings. The number of halogens is 1. The Labute approximate surface area is 205 Å². The van der Waals surface area contributed by atoms with Crippen LogP contribution in [-0.2, 0) is 0 Å². The Bertz CT molecular complexity index is 1080. The first kappa shape index (κ1) is 22.7. The van der Waals surface area contributed by atoms with E-state index < -0.39 is 0 Å². The fourth-order valence-electron chi connectivity index (χ4n) is 4.87. The summed E-state index contributed by atoms with van der Waals surface area (Å²) in [7, 11) is 0. The predicted octanol–water partition coefficient (Wildman–Crippen LogP) is 4.97. The number of aliphatic hydroxyl groups is 1. The maximum atomic E-state index is 9.91. The van der Waals surface area contributed by atoms with Crippen LogP contribution < -0.4 is 15.5 Å². The maximum absolute atomic E-state index is 9.91. The number of rotatable bonds is 6. The van der Waals surface area contributed by atoms with E-state index in [4.69, 9.17) is 16.6 Å². The van der Waals surface area contributed by atoms with E-state index in [1.165, 1.54) is 5.69 Å². The molecule has 1 saturated heterocycles. The highest BCUT2D eigenvalue weighted by atomic mass is 35.5. The van der Waals surface area contributed by atoms with Crippen molar-refractivity contribution in [3.05, 3.63) is 65.6 Å². The van der Waals surface area contributed by atoms with E-state index >= 15 is 0 Å². The molecule has 8 heteroatoms. The molecule has 1 saturated carbocycles. The second kappa shape index (κ2) is 10.5. The fraction of sp³-hybridized carbons (Fsp3) is 0.423. The molecule has 5 rings (SSSR count). The molecule has 0 amide bonds. The highest BCUT2D eigenvalue weighted by Crippen LogP contribution is 2.35. The van der Waals surface area contributed by atoms with Crippen molar-refractivity contribution in [2.75, 3.05) is 28.6 Å². The van der Waals surface area contributed by atoms with Gasteiger partial charge in [0.25, 0.3) is 0 Å². The average Bonchev–Trinajstić information content (AvgIpc) is 2.86. The molecule has 0 spiro atoms. The Morgan fingerprint density at radius 1 is 1.03 bits per heavy atom. The molecule has 0 bridgehead atoms. The number of aromatic nitrogens is 3. The van der Waals surface area contributed by atoms with Crippen molar-refractivity contribution in [3.8, 4) is 0 Å². The third-order valence-corrected chi connectivity index (χ3v) is 6.98. The summed E-state index contributed by atoms with van der Waals surface area (Å²) in [6.45, 7) is 1.96. The molecule has 176 valence electrons. The van der Waals surface area contributed by atoms with E-state index in [0.717, 1.165) is 68.7 Å². The summed E-state index contributed by atoms with van der Waals surface area (Å²) in [5, 5.41) is 17.3. The van der Waals surface area contributed by atoms with Gasteiger partial charge in [-0.25, -0.2) is 9.97 Å². The molecule has 0 atom stereocenters. The standard InChI is InChI=1S/C26H29ClN6O/c27-24-16-20(10-13-28-24)31-26-29-17-23(25(32-26)30-19-6-8-22(34)9-7-19)18-11-14-33(15-12-18)21-4-2-1-3-5-21/h2,4-5,10,13,16-19,22,34H,6-9,11-12,14-15H2,(H2,28,29,30,31,32). The van der Waals surface area contributed by atoms with E-state index in [1.54, 1.807) is 12.3 Å². The van der Waals surface area contributed by atoms with Gasteiger partial charge in [0.1, 0.15) is 11.0 Å². The van der Waals surface area contributed by atoms with Gasteiger partial charge in [0, 0.05) is 54.5 Å². The molecule has 2 fully saturated rings. The summed E-state index contributed by atoms with van der Waals surface area (Å²) < 4.78 is 0. The second-order valence-electron chi connectivity index (χ2n) is 9.09. The zero-order valence-corrected chi connectivity index (χ0v) is 19.8. The third kappa shape index (κ3) is 5.52. The molecule has 7 nitrogen and oxygen atoms in total. The Balaban J connectivity index is 1.34. The topological polar surface area (TPSA) is 86.2 Å². The lowest BCUT2D eigenvalue weighted by atomic mass is 9.89. The number of hydrogen-bond acceptors (Lipinski definition) is 7. The van der Waals surface area contributed by atoms with Crippen LogP contribution >= 0.6 is 11.6 Å². The molecular weight excluding hydrogens is 448 g/mol. The highest BCUT2D eigenvalue weighted by Gasteiger charge is 2.26. The van der Waals surface area contributed by atoms with Gasteiger partial charge < -0.3 is 20.6 Å². The van der Waals surface area contributed by atoms with Gasteiger partial charge in [-0.1, -0.05) is 23.7 Å². The van der Waals surface area contributed by atoms with Crippen molar-refractivity contribution < 1.29 is 5.11 Å². The van der Waals surface area contributed by atoms with Gasteiger partial charge in [-0.3, -0.25) is 0 Å². The van der Waals surface area contributed by atoms with Crippen LogP contribution in [0, 0.1) is 12.1 Å². The van der Waals surface area contributed by atoms with Crippen LogP contribution in [0.2, 0.25) is 5.15 Å². The number of hydrogen-bond donors (Lipinski definition) is 3. The van der Waals surface area contributed by atoms with Crippen LogP contribution in [-0.4, -0.2) is 45.3 Å². The highest BCUT2D eigenvalue weighted by molar-refractivity contribution is 6.29. The predicted molar refractivity (Wildman–Crippen MR) is 135 cm³/mol. The summed E-state index contributed by atoms with van der Waals surface area (Å²) in [5.74, 6) is 1.80. The van der Waals surface area contributed by atoms with Gasteiger partial charge in [-0.2, -0.15) is 4.98 Å². The summed E-state index contributed by atoms with van der Waals surface area (Å²) in [4.78, 5) is 15.9. The van der Waals surface area contributed by atoms with Crippen LogP contribution in [0.4, 0.5) is 23.1 Å². The quantitative estimate of drug-likeness (QED) is 0.433. The summed E-state index contributed by atoms with van der Waals surface area (Å²) in [6, 6.07) is 15.9. The molecule has 0 radical (unpaired) electrons.